The first-order chi connectivity index (χ1) is 14.0. The van der Waals surface area contributed by atoms with Crippen molar-refractivity contribution in [3.05, 3.63) is 65.1 Å². The quantitative estimate of drug-likeness (QED) is 0.698. The van der Waals surface area contributed by atoms with Gasteiger partial charge in [-0.3, -0.25) is 4.79 Å². The normalized spacial score (nSPS) is 12.5. The molecule has 7 nitrogen and oxygen atoms in total. The van der Waals surface area contributed by atoms with E-state index in [0.717, 1.165) is 6.07 Å². The topological polar surface area (TPSA) is 82.8 Å². The third-order valence-corrected chi connectivity index (χ3v) is 4.27. The maximum absolute atomic E-state index is 13.8. The first-order valence-electron chi connectivity index (χ1n) is 8.75. The summed E-state index contributed by atoms with van der Waals surface area (Å²) in [5.74, 6) is -0.763. The second-order valence-electron chi connectivity index (χ2n) is 6.24. The largest absolute Gasteiger partial charge is 0.486 e. The SMILES string of the molecule is Cc1onc(C(=O)Nc2ccc3c(c2)OCCO3)c1COc1ccc(F)cc1F. The Morgan fingerprint density at radius 3 is 2.72 bits per heavy atom. The van der Waals surface area contributed by atoms with Crippen LogP contribution < -0.4 is 19.5 Å². The number of ether oxygens (including phenoxy) is 3. The number of aryl methyl sites for hydroxylation is 1. The van der Waals surface area contributed by atoms with E-state index in [4.69, 9.17) is 18.7 Å². The molecule has 0 aliphatic carbocycles. The minimum absolute atomic E-state index is 0.0000844. The van der Waals surface area contributed by atoms with Crippen LogP contribution in [0.4, 0.5) is 14.5 Å². The van der Waals surface area contributed by atoms with Crippen molar-refractivity contribution in [1.82, 2.24) is 5.16 Å². The predicted molar refractivity (Wildman–Crippen MR) is 97.3 cm³/mol. The van der Waals surface area contributed by atoms with Gasteiger partial charge in [-0.15, -0.1) is 0 Å². The monoisotopic (exact) mass is 402 g/mol. The molecule has 0 spiro atoms. The van der Waals surface area contributed by atoms with Crippen LogP contribution in [-0.4, -0.2) is 24.3 Å². The zero-order valence-corrected chi connectivity index (χ0v) is 15.3. The summed E-state index contributed by atoms with van der Waals surface area (Å²) in [6, 6.07) is 7.97. The van der Waals surface area contributed by atoms with E-state index in [1.165, 1.54) is 6.07 Å². The highest BCUT2D eigenvalue weighted by atomic mass is 19.1. The van der Waals surface area contributed by atoms with Crippen LogP contribution in [0.5, 0.6) is 17.2 Å². The Bertz CT molecular complexity index is 1070. The fourth-order valence-electron chi connectivity index (χ4n) is 2.79. The van der Waals surface area contributed by atoms with E-state index in [0.29, 0.717) is 47.8 Å². The minimum atomic E-state index is -0.846. The van der Waals surface area contributed by atoms with E-state index in [1.807, 2.05) is 0 Å². The van der Waals surface area contributed by atoms with Crippen molar-refractivity contribution in [3.63, 3.8) is 0 Å². The molecule has 4 rings (SSSR count). The molecule has 1 amide bonds. The lowest BCUT2D eigenvalue weighted by atomic mass is 10.2. The number of carbonyl (C=O) groups is 1. The average molecular weight is 402 g/mol. The van der Waals surface area contributed by atoms with Gasteiger partial charge in [-0.2, -0.15) is 0 Å². The number of benzene rings is 2. The molecule has 0 radical (unpaired) electrons. The van der Waals surface area contributed by atoms with Crippen LogP contribution in [0.2, 0.25) is 0 Å². The van der Waals surface area contributed by atoms with Gasteiger partial charge in [-0.05, 0) is 31.2 Å². The van der Waals surface area contributed by atoms with Crippen LogP contribution in [0.1, 0.15) is 21.8 Å². The molecule has 9 heteroatoms. The molecule has 2 heterocycles. The Morgan fingerprint density at radius 2 is 1.93 bits per heavy atom. The molecule has 29 heavy (non-hydrogen) atoms. The van der Waals surface area contributed by atoms with Crippen LogP contribution in [-0.2, 0) is 6.61 Å². The van der Waals surface area contributed by atoms with Crippen molar-refractivity contribution < 1.29 is 32.3 Å². The van der Waals surface area contributed by atoms with E-state index < -0.39 is 17.5 Å². The van der Waals surface area contributed by atoms with E-state index in [2.05, 4.69) is 10.5 Å². The molecule has 1 aliphatic rings. The number of fused-ring (bicyclic) bond motifs is 1. The zero-order chi connectivity index (χ0) is 20.4. The Hall–Kier alpha value is -3.62. The van der Waals surface area contributed by atoms with Crippen molar-refractivity contribution in [1.29, 1.82) is 0 Å². The number of rotatable bonds is 5. The highest BCUT2D eigenvalue weighted by Crippen LogP contribution is 2.33. The summed E-state index contributed by atoms with van der Waals surface area (Å²) in [6.45, 7) is 2.32. The van der Waals surface area contributed by atoms with Crippen molar-refractivity contribution in [2.75, 3.05) is 18.5 Å². The van der Waals surface area contributed by atoms with Crippen molar-refractivity contribution >= 4 is 11.6 Å². The number of halogens is 2. The maximum atomic E-state index is 13.8. The summed E-state index contributed by atoms with van der Waals surface area (Å²) >= 11 is 0. The lowest BCUT2D eigenvalue weighted by molar-refractivity contribution is 0.101. The number of aromatic nitrogens is 1. The molecule has 150 valence electrons. The highest BCUT2D eigenvalue weighted by Gasteiger charge is 2.22. The summed E-state index contributed by atoms with van der Waals surface area (Å²) in [6.07, 6.45) is 0. The van der Waals surface area contributed by atoms with E-state index in [-0.39, 0.29) is 18.1 Å². The predicted octanol–water partition coefficient (Wildman–Crippen LogP) is 3.86. The van der Waals surface area contributed by atoms with Gasteiger partial charge in [0.05, 0.1) is 5.56 Å². The second-order valence-corrected chi connectivity index (χ2v) is 6.24. The fraction of sp³-hybridized carbons (Fsp3) is 0.200. The molecule has 0 saturated heterocycles. The van der Waals surface area contributed by atoms with Crippen molar-refractivity contribution in [3.8, 4) is 17.2 Å². The molecule has 0 bridgehead atoms. The third kappa shape index (κ3) is 3.98. The average Bonchev–Trinajstić information content (AvgIpc) is 3.08. The highest BCUT2D eigenvalue weighted by molar-refractivity contribution is 6.04. The Morgan fingerprint density at radius 1 is 1.14 bits per heavy atom. The van der Waals surface area contributed by atoms with Crippen LogP contribution in [0, 0.1) is 18.6 Å². The van der Waals surface area contributed by atoms with Crippen LogP contribution >= 0.6 is 0 Å². The first-order valence-corrected chi connectivity index (χ1v) is 8.75. The molecule has 1 N–H and O–H groups in total. The molecule has 0 fully saturated rings. The van der Waals surface area contributed by atoms with E-state index in [1.54, 1.807) is 25.1 Å². The standard InChI is InChI=1S/C20H16F2N2O5/c1-11-14(10-28-16-4-2-12(21)8-15(16)22)19(24-29-11)20(25)23-13-3-5-17-18(9-13)27-7-6-26-17/h2-5,8-9H,6-7,10H2,1H3,(H,23,25). The van der Waals surface area contributed by atoms with Gasteiger partial charge in [0, 0.05) is 17.8 Å². The number of amides is 1. The van der Waals surface area contributed by atoms with Gasteiger partial charge in [-0.25, -0.2) is 8.78 Å². The van der Waals surface area contributed by atoms with Gasteiger partial charge < -0.3 is 24.1 Å². The summed E-state index contributed by atoms with van der Waals surface area (Å²) in [4.78, 5) is 12.7. The number of carbonyl (C=O) groups excluding carboxylic acids is 1. The molecule has 2 aromatic carbocycles. The molecule has 0 unspecified atom stereocenters. The summed E-state index contributed by atoms with van der Waals surface area (Å²) in [7, 11) is 0. The number of hydrogen-bond acceptors (Lipinski definition) is 6. The molecular weight excluding hydrogens is 386 g/mol. The molecule has 0 atom stereocenters. The van der Waals surface area contributed by atoms with Gasteiger partial charge >= 0.3 is 0 Å². The number of anilines is 1. The number of hydrogen-bond donors (Lipinski definition) is 1. The van der Waals surface area contributed by atoms with Crippen molar-refractivity contribution in [2.45, 2.75) is 13.5 Å². The first kappa shape index (κ1) is 18.7. The number of nitrogens with zero attached hydrogens (tertiary/aromatic N) is 1. The summed E-state index contributed by atoms with van der Waals surface area (Å²) in [5.41, 5.74) is 0.833. The summed E-state index contributed by atoms with van der Waals surface area (Å²) in [5, 5.41) is 6.47. The molecule has 1 aromatic heterocycles. The van der Waals surface area contributed by atoms with Gasteiger partial charge in [0.15, 0.2) is 28.8 Å². The Labute approximate surface area is 164 Å². The third-order valence-electron chi connectivity index (χ3n) is 4.27. The lowest BCUT2D eigenvalue weighted by Gasteiger charge is -2.18. The maximum Gasteiger partial charge on any atom is 0.278 e. The number of nitrogens with one attached hydrogen (secondary N) is 1. The van der Waals surface area contributed by atoms with Crippen LogP contribution in [0.15, 0.2) is 40.9 Å². The minimum Gasteiger partial charge on any atom is -0.486 e. The van der Waals surface area contributed by atoms with Gasteiger partial charge in [0.25, 0.3) is 5.91 Å². The van der Waals surface area contributed by atoms with Gasteiger partial charge in [0.1, 0.15) is 31.4 Å². The zero-order valence-electron chi connectivity index (χ0n) is 15.3. The van der Waals surface area contributed by atoms with Gasteiger partial charge in [-0.1, -0.05) is 5.16 Å². The van der Waals surface area contributed by atoms with Crippen molar-refractivity contribution in [2.24, 2.45) is 0 Å². The Kier molecular flexibility index (Phi) is 5.03. The van der Waals surface area contributed by atoms with Crippen LogP contribution in [0.25, 0.3) is 0 Å². The Balaban J connectivity index is 1.49. The van der Waals surface area contributed by atoms with E-state index in [9.17, 15) is 13.6 Å². The smallest absolute Gasteiger partial charge is 0.278 e. The summed E-state index contributed by atoms with van der Waals surface area (Å²) < 4.78 is 48.2. The lowest BCUT2D eigenvalue weighted by Crippen LogP contribution is -2.17. The van der Waals surface area contributed by atoms with E-state index >= 15 is 0 Å². The van der Waals surface area contributed by atoms with Crippen LogP contribution in [0.3, 0.4) is 0 Å². The van der Waals surface area contributed by atoms with Gasteiger partial charge in [0.2, 0.25) is 0 Å². The molecule has 0 saturated carbocycles. The second kappa shape index (κ2) is 7.78. The molecule has 3 aromatic rings. The fourth-order valence-corrected chi connectivity index (χ4v) is 2.79. The molecule has 1 aliphatic heterocycles. The molecular formula is C20H16F2N2O5.